The summed E-state index contributed by atoms with van der Waals surface area (Å²) < 4.78 is 7.09. The Bertz CT molecular complexity index is 1360. The number of ether oxygens (including phenoxy) is 1. The molecule has 3 aliphatic rings. The first-order valence-corrected chi connectivity index (χ1v) is 18.6. The van der Waals surface area contributed by atoms with Crippen LogP contribution in [0, 0.1) is 5.92 Å². The molecule has 1 saturated heterocycles. The Hall–Kier alpha value is -3.95. The summed E-state index contributed by atoms with van der Waals surface area (Å²) in [4.78, 5) is 67.2. The molecular formula is C35H59N9O7. The zero-order valence-corrected chi connectivity index (χ0v) is 30.9. The molecule has 51 heavy (non-hydrogen) atoms. The molecule has 0 bridgehead atoms. The molecule has 0 spiro atoms. The highest BCUT2D eigenvalue weighted by Gasteiger charge is 2.45. The van der Waals surface area contributed by atoms with Crippen LogP contribution in [-0.4, -0.2) is 97.7 Å². The first-order valence-electron chi connectivity index (χ1n) is 18.6. The van der Waals surface area contributed by atoms with Gasteiger partial charge in [0.05, 0.1) is 17.9 Å². The van der Waals surface area contributed by atoms with Crippen LogP contribution in [0.3, 0.4) is 0 Å². The fraction of sp³-hybridized carbons (Fsp3) is 0.800. The van der Waals surface area contributed by atoms with Crippen LogP contribution in [-0.2, 0) is 24.7 Å². The maximum atomic E-state index is 14.5. The van der Waals surface area contributed by atoms with Crippen LogP contribution in [0.15, 0.2) is 6.20 Å². The summed E-state index contributed by atoms with van der Waals surface area (Å²) in [6.45, 7) is 8.99. The topological polar surface area (TPSA) is 223 Å². The van der Waals surface area contributed by atoms with Crippen LogP contribution in [0.25, 0.3) is 0 Å². The number of amides is 6. The fourth-order valence-corrected chi connectivity index (χ4v) is 7.01. The monoisotopic (exact) mass is 717 g/mol. The Balaban J connectivity index is 1.52. The van der Waals surface area contributed by atoms with Crippen molar-refractivity contribution in [3.8, 4) is 0 Å². The van der Waals surface area contributed by atoms with Gasteiger partial charge in [-0.2, -0.15) is 0 Å². The van der Waals surface area contributed by atoms with Crippen LogP contribution >= 0.6 is 0 Å². The van der Waals surface area contributed by atoms with E-state index in [-0.39, 0.29) is 37.4 Å². The van der Waals surface area contributed by atoms with Crippen molar-refractivity contribution < 1.29 is 33.8 Å². The molecule has 7 N–H and O–H groups in total. The number of carbonyl (C=O) groups excluding carboxylic acids is 5. The molecule has 2 saturated carbocycles. The van der Waals surface area contributed by atoms with Gasteiger partial charge in [-0.3, -0.25) is 14.4 Å². The van der Waals surface area contributed by atoms with E-state index < -0.39 is 59.2 Å². The first-order chi connectivity index (χ1) is 24.0. The highest BCUT2D eigenvalue weighted by molar-refractivity contribution is 5.92. The van der Waals surface area contributed by atoms with Crippen LogP contribution in [0.5, 0.6) is 0 Å². The second-order valence-electron chi connectivity index (χ2n) is 16.0. The molecule has 4 rings (SSSR count). The molecule has 16 heteroatoms. The molecule has 1 unspecified atom stereocenters. The molecule has 0 radical (unpaired) electrons. The molecule has 1 aromatic heterocycles. The van der Waals surface area contributed by atoms with Crippen LogP contribution in [0.1, 0.15) is 130 Å². The molecule has 6 amide bonds. The van der Waals surface area contributed by atoms with Gasteiger partial charge in [0.2, 0.25) is 17.7 Å². The van der Waals surface area contributed by atoms with Gasteiger partial charge in [0, 0.05) is 38.0 Å². The van der Waals surface area contributed by atoms with E-state index in [9.17, 15) is 29.1 Å². The van der Waals surface area contributed by atoms with Gasteiger partial charge in [0.25, 0.3) is 0 Å². The average molecular weight is 718 g/mol. The Kier molecular flexibility index (Phi) is 13.7. The number of likely N-dealkylation sites (tertiary alicyclic amines) is 1. The van der Waals surface area contributed by atoms with Crippen molar-refractivity contribution in [3.63, 3.8) is 0 Å². The Morgan fingerprint density at radius 3 is 2.35 bits per heavy atom. The van der Waals surface area contributed by atoms with Crippen molar-refractivity contribution >= 4 is 29.8 Å². The number of urea groups is 1. The number of nitrogens with two attached hydrogens (primary N) is 1. The van der Waals surface area contributed by atoms with E-state index in [4.69, 9.17) is 10.5 Å². The minimum Gasteiger partial charge on any atom is -0.444 e. The van der Waals surface area contributed by atoms with E-state index in [1.165, 1.54) is 11.1 Å². The molecule has 286 valence electrons. The SMILES string of the molecule is CC(C)(C)OC(=O)N[C@H](CC1CCCCC1)C(=O)N1C[C@@H](n2nncc2C(C)(C)O)C[C@H]1C(=O)NC(CCCCNC(=O)NC1CC1)CC(N)=O. The normalized spacial score (nSPS) is 21.0. The zero-order valence-electron chi connectivity index (χ0n) is 30.9. The molecular weight excluding hydrogens is 658 g/mol. The molecule has 2 aliphatic carbocycles. The van der Waals surface area contributed by atoms with E-state index in [1.54, 1.807) is 39.3 Å². The third-order valence-electron chi connectivity index (χ3n) is 9.67. The number of hydrogen-bond acceptors (Lipinski definition) is 9. The van der Waals surface area contributed by atoms with E-state index in [0.717, 1.165) is 44.9 Å². The summed E-state index contributed by atoms with van der Waals surface area (Å²) in [6, 6.07) is -2.96. The van der Waals surface area contributed by atoms with Crippen LogP contribution < -0.4 is 27.0 Å². The molecule has 0 aromatic carbocycles. The number of nitrogens with one attached hydrogen (secondary N) is 4. The Morgan fingerprint density at radius 2 is 1.73 bits per heavy atom. The van der Waals surface area contributed by atoms with E-state index >= 15 is 0 Å². The summed E-state index contributed by atoms with van der Waals surface area (Å²) in [5.74, 6) is -1.23. The summed E-state index contributed by atoms with van der Waals surface area (Å²) in [5, 5.41) is 30.6. The largest absolute Gasteiger partial charge is 0.444 e. The highest BCUT2D eigenvalue weighted by atomic mass is 16.6. The predicted octanol–water partition coefficient (Wildman–Crippen LogP) is 2.50. The minimum absolute atomic E-state index is 0.0790. The third kappa shape index (κ3) is 12.6. The minimum atomic E-state index is -1.29. The van der Waals surface area contributed by atoms with Gasteiger partial charge in [-0.15, -0.1) is 5.10 Å². The maximum Gasteiger partial charge on any atom is 0.408 e. The number of aromatic nitrogens is 3. The third-order valence-corrected chi connectivity index (χ3v) is 9.67. The lowest BCUT2D eigenvalue weighted by Gasteiger charge is -2.32. The standard InChI is InChI=1S/C35H59N9O7/c1-34(2,3)51-33(49)41-26(17-22-11-7-6-8-12-22)31(47)43-21-25(44-28(20-38-42-44)35(4,5)50)19-27(43)30(46)39-24(18-29(36)45)13-9-10-16-37-32(48)40-23-14-15-23/h20,22-27,50H,6-19,21H2,1-5H3,(H2,36,45)(H,39,46)(H,41,49)(H2,37,40,48)/t24?,25-,26+,27-/m0/s1. The number of hydrogen-bond donors (Lipinski definition) is 6. The van der Waals surface area contributed by atoms with Crippen molar-refractivity contribution in [2.75, 3.05) is 13.1 Å². The second kappa shape index (κ2) is 17.5. The first kappa shape index (κ1) is 39.8. The van der Waals surface area contributed by atoms with Gasteiger partial charge in [-0.1, -0.05) is 37.3 Å². The Morgan fingerprint density at radius 1 is 1.02 bits per heavy atom. The van der Waals surface area contributed by atoms with Gasteiger partial charge in [0.1, 0.15) is 23.3 Å². The highest BCUT2D eigenvalue weighted by Crippen LogP contribution is 2.33. The van der Waals surface area contributed by atoms with Crippen LogP contribution in [0.4, 0.5) is 9.59 Å². The quantitative estimate of drug-likeness (QED) is 0.138. The number of rotatable bonds is 16. The number of primary amides is 1. The summed E-state index contributed by atoms with van der Waals surface area (Å²) in [6.07, 6.45) is 9.98. The summed E-state index contributed by atoms with van der Waals surface area (Å²) in [7, 11) is 0. The smallest absolute Gasteiger partial charge is 0.408 e. The molecule has 2 heterocycles. The van der Waals surface area contributed by atoms with E-state index in [0.29, 0.717) is 37.9 Å². The number of carbonyl (C=O) groups is 5. The second-order valence-corrected chi connectivity index (χ2v) is 16.0. The lowest BCUT2D eigenvalue weighted by Crippen LogP contribution is -2.55. The van der Waals surface area contributed by atoms with Crippen molar-refractivity contribution in [2.45, 2.75) is 160 Å². The van der Waals surface area contributed by atoms with Crippen molar-refractivity contribution in [1.82, 2.24) is 41.2 Å². The molecule has 16 nitrogen and oxygen atoms in total. The summed E-state index contributed by atoms with van der Waals surface area (Å²) in [5.41, 5.74) is 3.93. The number of aliphatic hydroxyl groups is 1. The van der Waals surface area contributed by atoms with Crippen molar-refractivity contribution in [3.05, 3.63) is 11.9 Å². The maximum absolute atomic E-state index is 14.5. The predicted molar refractivity (Wildman–Crippen MR) is 188 cm³/mol. The van der Waals surface area contributed by atoms with E-state index in [2.05, 4.69) is 31.6 Å². The van der Waals surface area contributed by atoms with Crippen molar-refractivity contribution in [1.29, 1.82) is 0 Å². The van der Waals surface area contributed by atoms with Crippen molar-refractivity contribution in [2.24, 2.45) is 11.7 Å². The van der Waals surface area contributed by atoms with Crippen LogP contribution in [0.2, 0.25) is 0 Å². The van der Waals surface area contributed by atoms with E-state index in [1.807, 2.05) is 0 Å². The lowest BCUT2D eigenvalue weighted by molar-refractivity contribution is -0.140. The van der Waals surface area contributed by atoms with Gasteiger partial charge in [0.15, 0.2) is 0 Å². The number of alkyl carbamates (subject to hydrolysis) is 1. The van der Waals surface area contributed by atoms with Gasteiger partial charge < -0.3 is 41.7 Å². The van der Waals surface area contributed by atoms with Gasteiger partial charge >= 0.3 is 12.1 Å². The lowest BCUT2D eigenvalue weighted by atomic mass is 9.84. The molecule has 4 atom stereocenters. The number of unbranched alkanes of at least 4 members (excludes halogenated alkanes) is 1. The molecule has 1 aromatic rings. The Labute approximate surface area is 300 Å². The number of nitrogens with zero attached hydrogens (tertiary/aromatic N) is 4. The van der Waals surface area contributed by atoms with Gasteiger partial charge in [-0.05, 0) is 79.1 Å². The average Bonchev–Trinajstić information content (AvgIpc) is 3.50. The zero-order chi connectivity index (χ0) is 37.3. The molecule has 1 aliphatic heterocycles. The summed E-state index contributed by atoms with van der Waals surface area (Å²) >= 11 is 0. The fourth-order valence-electron chi connectivity index (χ4n) is 7.01. The van der Waals surface area contributed by atoms with Gasteiger partial charge in [-0.25, -0.2) is 14.3 Å². The molecule has 3 fully saturated rings.